The minimum Gasteiger partial charge on any atom is -0.207 e. The van der Waals surface area contributed by atoms with E-state index in [1.807, 2.05) is 0 Å². The van der Waals surface area contributed by atoms with Crippen LogP contribution in [0, 0.1) is 164 Å². The van der Waals surface area contributed by atoms with Crippen molar-refractivity contribution in [2.24, 2.45) is 82.9 Å². The maximum Gasteiger partial charge on any atom is 0.129 e. The van der Waals surface area contributed by atoms with Crippen LogP contribution in [0.5, 0.6) is 0 Å². The summed E-state index contributed by atoms with van der Waals surface area (Å²) in [6.45, 7) is 15.8. The highest BCUT2D eigenvalue weighted by atomic mass is 19.2. The fraction of sp³-hybridized carbons (Fsp3) is 0.667. The number of halogens is 14. The molecule has 7 saturated carbocycles. The molecule has 784 valence electrons. The van der Waals surface area contributed by atoms with Crippen LogP contribution >= 0.6 is 0 Å². The predicted octanol–water partition coefficient (Wildman–Crippen LogP) is 41.3. The number of benzene rings is 7. The molecule has 0 heterocycles. The zero-order chi connectivity index (χ0) is 101. The molecule has 7 aliphatic carbocycles. The molecule has 0 atom stereocenters. The SMILES string of the molecule is CCC1CCC(CCc2ccc(F)cc2F)CC1.CCCC1CCC(CCc2ccc(F)cc2F)CC1.CCCCC1CCC(CCc2ccc(F)cc2F)CC1.CCCCCC1CCC(CCc2ccc(F)cc2F)CC1.CCCCCCC1CCC(CCc2ccc(F)cc2F)CC1.CCCCCCCC1CCC(CCc2ccc(F)cc2F)CC1.C[C@H]1CC[C@H](CCc2ccc(F)cc2F)CC1. The van der Waals surface area contributed by atoms with Gasteiger partial charge in [0.25, 0.3) is 0 Å². The molecule has 0 spiro atoms. The van der Waals surface area contributed by atoms with Crippen LogP contribution in [0.25, 0.3) is 0 Å². The van der Waals surface area contributed by atoms with Gasteiger partial charge in [0, 0.05) is 42.5 Å². The van der Waals surface area contributed by atoms with Crippen molar-refractivity contribution in [2.75, 3.05) is 0 Å². The average molecular weight is 1960 g/mol. The van der Waals surface area contributed by atoms with E-state index in [4.69, 9.17) is 0 Å². The van der Waals surface area contributed by atoms with Crippen molar-refractivity contribution in [3.8, 4) is 0 Å². The molecule has 140 heavy (non-hydrogen) atoms. The molecule has 7 aliphatic rings. The first-order chi connectivity index (χ1) is 67.8. The van der Waals surface area contributed by atoms with Gasteiger partial charge in [0.2, 0.25) is 0 Å². The average Bonchev–Trinajstić information content (AvgIpc) is 0.875. The fourth-order valence-electron chi connectivity index (χ4n) is 23.7. The highest BCUT2D eigenvalue weighted by Gasteiger charge is 2.29. The number of hydrogen-bond acceptors (Lipinski definition) is 0. The summed E-state index contributed by atoms with van der Waals surface area (Å²) in [5, 5.41) is 0. The van der Waals surface area contributed by atoms with E-state index in [-0.39, 0.29) is 29.1 Å². The van der Waals surface area contributed by atoms with Crippen LogP contribution < -0.4 is 0 Å². The van der Waals surface area contributed by atoms with Crippen LogP contribution in [-0.4, -0.2) is 0 Å². The molecule has 0 bridgehead atoms. The Morgan fingerprint density at radius 2 is 0.321 bits per heavy atom. The highest BCUT2D eigenvalue weighted by molar-refractivity contribution is 5.24. The Morgan fingerprint density at radius 3 is 0.514 bits per heavy atom. The van der Waals surface area contributed by atoms with E-state index in [0.717, 1.165) is 215 Å². The topological polar surface area (TPSA) is 0 Å². The summed E-state index contributed by atoms with van der Waals surface area (Å²) in [6.07, 6.45) is 77.8. The third-order valence-electron chi connectivity index (χ3n) is 33.4. The number of rotatable bonds is 42. The van der Waals surface area contributed by atoms with E-state index in [0.29, 0.717) is 38.9 Å². The van der Waals surface area contributed by atoms with E-state index in [2.05, 4.69) is 48.5 Å². The van der Waals surface area contributed by atoms with Gasteiger partial charge < -0.3 is 0 Å². The minimum atomic E-state index is -0.488. The van der Waals surface area contributed by atoms with Crippen LogP contribution in [0.1, 0.15) is 447 Å². The number of unbranched alkanes of at least 4 members (excludes halogenated alkanes) is 10. The molecule has 0 amide bonds. The molecule has 0 N–H and O–H groups in total. The Labute approximate surface area is 840 Å². The van der Waals surface area contributed by atoms with Gasteiger partial charge in [-0.2, -0.15) is 0 Å². The molecule has 0 unspecified atom stereocenters. The van der Waals surface area contributed by atoms with Crippen LogP contribution in [0.15, 0.2) is 127 Å². The Kier molecular flexibility index (Phi) is 58.4. The number of aryl methyl sites for hydroxylation is 7. The zero-order valence-electron chi connectivity index (χ0n) is 87.5. The highest BCUT2D eigenvalue weighted by Crippen LogP contribution is 2.42. The van der Waals surface area contributed by atoms with E-state index in [9.17, 15) is 61.5 Å². The van der Waals surface area contributed by atoms with Crippen molar-refractivity contribution in [1.29, 1.82) is 0 Å². The quantitative estimate of drug-likeness (QED) is 0.0264. The van der Waals surface area contributed by atoms with Gasteiger partial charge in [-0.3, -0.25) is 0 Å². The molecule has 0 radical (unpaired) electrons. The van der Waals surface area contributed by atoms with Crippen LogP contribution in [0.2, 0.25) is 0 Å². The van der Waals surface area contributed by atoms with Gasteiger partial charge in [0.15, 0.2) is 0 Å². The van der Waals surface area contributed by atoms with Crippen LogP contribution in [0.3, 0.4) is 0 Å². The lowest BCUT2D eigenvalue weighted by molar-refractivity contribution is 0.248. The first-order valence-electron chi connectivity index (χ1n) is 56.8. The summed E-state index contributed by atoms with van der Waals surface area (Å²) in [5.41, 5.74) is 4.66. The lowest BCUT2D eigenvalue weighted by atomic mass is 9.77. The normalized spacial score (nSPS) is 22.9. The third-order valence-corrected chi connectivity index (χ3v) is 33.4. The first-order valence-corrected chi connectivity index (χ1v) is 56.8. The Hall–Kier alpha value is -6.44. The van der Waals surface area contributed by atoms with E-state index in [1.54, 1.807) is 42.5 Å². The minimum absolute atomic E-state index is 0.384. The van der Waals surface area contributed by atoms with Gasteiger partial charge in [-0.05, 0) is 254 Å². The third kappa shape index (κ3) is 47.8. The number of hydrogen-bond donors (Lipinski definition) is 0. The predicted molar refractivity (Wildman–Crippen MR) is 558 cm³/mol. The van der Waals surface area contributed by atoms with E-state index < -0.39 is 52.4 Å². The summed E-state index contributed by atoms with van der Waals surface area (Å²) in [6, 6.07) is 27.6. The smallest absolute Gasteiger partial charge is 0.129 e. The van der Waals surface area contributed by atoms with Gasteiger partial charge in [0.1, 0.15) is 81.4 Å². The summed E-state index contributed by atoms with van der Waals surface area (Å²) in [5.74, 6) is 5.41. The van der Waals surface area contributed by atoms with Crippen molar-refractivity contribution in [2.45, 2.75) is 453 Å². The maximum absolute atomic E-state index is 13.7. The molecule has 0 saturated heterocycles. The Balaban J connectivity index is 0.000000200. The van der Waals surface area contributed by atoms with E-state index in [1.165, 1.54) is 357 Å². The van der Waals surface area contributed by atoms with Crippen molar-refractivity contribution in [1.82, 2.24) is 0 Å². The molecule has 7 aromatic carbocycles. The first kappa shape index (κ1) is 119. The standard InChI is InChI=1S/C21H32F2.C20H30F2.C19H28F2.C18H26F2.C17H24F2.C16H22F2.C15H20F2/c1-2-3-4-5-6-7-17-8-10-18(11-9-17)12-13-19-14-15-20(22)16-21(19)23;1-2-3-4-5-6-16-7-9-17(10-8-16)11-12-18-13-14-19(21)15-20(18)22;1-2-3-4-5-15-6-8-16(9-7-15)10-11-17-12-13-18(20)14-19(17)21;1-2-3-4-14-5-7-15(8-6-14)9-10-16-11-12-17(19)13-18(16)20;1-2-3-13-4-6-14(7-5-13)8-9-15-10-11-16(18)12-17(15)19;1-2-12-3-5-13(6-4-12)7-8-14-9-10-15(17)11-16(14)18;1-11-2-4-12(5-3-11)6-7-13-8-9-14(16)10-15(13)17/h14-18H,2-13H2,1H3;13-17H,2-12H2,1H3;12-16H,2-11H2,1H3;11-15H,2-10H2,1H3;10-14H,2-9H2,1H3;9-13H,2-8H2,1H3;8-12H,2-7H2,1H3/t;;;;;;11-,12-. The zero-order valence-corrected chi connectivity index (χ0v) is 87.5. The second kappa shape index (κ2) is 68.8. The molecule has 0 aromatic heterocycles. The molecule has 14 rings (SSSR count). The Morgan fingerprint density at radius 1 is 0.164 bits per heavy atom. The van der Waals surface area contributed by atoms with Crippen molar-refractivity contribution >= 4 is 0 Å². The summed E-state index contributed by atoms with van der Waals surface area (Å²) < 4.78 is 185. The monoisotopic (exact) mass is 1960 g/mol. The summed E-state index contributed by atoms with van der Waals surface area (Å²) in [7, 11) is 0. The Bertz CT molecular complexity index is 4400. The van der Waals surface area contributed by atoms with E-state index >= 15 is 0 Å². The molecule has 0 aliphatic heterocycles. The van der Waals surface area contributed by atoms with Gasteiger partial charge in [-0.15, -0.1) is 0 Å². The molecular weight excluding hydrogens is 1780 g/mol. The van der Waals surface area contributed by atoms with Gasteiger partial charge in [-0.1, -0.05) is 406 Å². The molecular formula is C126H182F14. The lowest BCUT2D eigenvalue weighted by Gasteiger charge is -2.28. The molecule has 7 aromatic rings. The van der Waals surface area contributed by atoms with Crippen LogP contribution in [-0.2, 0) is 44.9 Å². The van der Waals surface area contributed by atoms with Crippen LogP contribution in [0.4, 0.5) is 61.5 Å². The largest absolute Gasteiger partial charge is 0.207 e. The summed E-state index contributed by atoms with van der Waals surface area (Å²) >= 11 is 0. The maximum atomic E-state index is 13.7. The van der Waals surface area contributed by atoms with Crippen molar-refractivity contribution in [3.05, 3.63) is 248 Å². The fourth-order valence-corrected chi connectivity index (χ4v) is 23.7. The van der Waals surface area contributed by atoms with Gasteiger partial charge >= 0.3 is 0 Å². The lowest BCUT2D eigenvalue weighted by Crippen LogP contribution is -2.15. The molecule has 0 nitrogen and oxygen atoms in total. The summed E-state index contributed by atoms with van der Waals surface area (Å²) in [4.78, 5) is 0. The van der Waals surface area contributed by atoms with Crippen molar-refractivity contribution in [3.63, 3.8) is 0 Å². The molecule has 7 fully saturated rings. The molecule has 14 heteroatoms. The van der Waals surface area contributed by atoms with Crippen molar-refractivity contribution < 1.29 is 61.5 Å². The van der Waals surface area contributed by atoms with Gasteiger partial charge in [0.05, 0.1) is 0 Å². The second-order valence-corrected chi connectivity index (χ2v) is 44.3. The van der Waals surface area contributed by atoms with Gasteiger partial charge in [-0.25, -0.2) is 61.5 Å². The second-order valence-electron chi connectivity index (χ2n) is 44.3.